The molecule has 0 aliphatic carbocycles. The van der Waals surface area contributed by atoms with Crippen molar-refractivity contribution in [2.45, 2.75) is 0 Å². The van der Waals surface area contributed by atoms with Gasteiger partial charge in [-0.25, -0.2) is 4.98 Å². The van der Waals surface area contributed by atoms with Crippen LogP contribution in [0.1, 0.15) is 10.4 Å². The summed E-state index contributed by atoms with van der Waals surface area (Å²) in [7, 11) is 0. The lowest BCUT2D eigenvalue weighted by Crippen LogP contribution is -2.34. The van der Waals surface area contributed by atoms with Crippen molar-refractivity contribution in [3.63, 3.8) is 0 Å². The number of rotatable bonds is 2. The Balaban J connectivity index is 2.21. The van der Waals surface area contributed by atoms with Gasteiger partial charge in [0.25, 0.3) is 0 Å². The zero-order valence-electron chi connectivity index (χ0n) is 9.67. The minimum Gasteiger partial charge on any atom is -0.355 e. The summed E-state index contributed by atoms with van der Waals surface area (Å²) >= 11 is 8.09. The van der Waals surface area contributed by atoms with Crippen LogP contribution in [-0.2, 0) is 0 Å². The van der Waals surface area contributed by atoms with Crippen LogP contribution in [0.5, 0.6) is 0 Å². The summed E-state index contributed by atoms with van der Waals surface area (Å²) in [6.07, 6.45) is 4.30. The number of pyridine rings is 1. The lowest BCUT2D eigenvalue weighted by Gasteiger charge is -2.30. The smallest absolute Gasteiger partial charge is 0.153 e. The van der Waals surface area contributed by atoms with Gasteiger partial charge in [0, 0.05) is 24.6 Å². The van der Waals surface area contributed by atoms with E-state index in [1.165, 1.54) is 0 Å². The van der Waals surface area contributed by atoms with Gasteiger partial charge in [0.15, 0.2) is 6.29 Å². The lowest BCUT2D eigenvalue weighted by atomic mass is 10.2. The van der Waals surface area contributed by atoms with Gasteiger partial charge in [-0.15, -0.1) is 0 Å². The first-order chi connectivity index (χ1) is 8.81. The third-order valence-corrected chi connectivity index (χ3v) is 4.33. The van der Waals surface area contributed by atoms with Gasteiger partial charge in [0.1, 0.15) is 12.1 Å². The van der Waals surface area contributed by atoms with Crippen LogP contribution in [-0.4, -0.2) is 40.3 Å². The van der Waals surface area contributed by atoms with Gasteiger partial charge < -0.3 is 4.90 Å². The summed E-state index contributed by atoms with van der Waals surface area (Å²) in [6.45, 7) is 1.89. The average Bonchev–Trinajstić information content (AvgIpc) is 2.89. The zero-order valence-corrected chi connectivity index (χ0v) is 11.2. The standard InChI is InChI=1S/C12H12ClN3OS/c13-10-5-9(7-17)12(15-1-3-18-4-2-15)16-8-14-6-11(10)16/h5-8H,1-4H2. The molecule has 0 radical (unpaired) electrons. The molecule has 0 spiro atoms. The highest BCUT2D eigenvalue weighted by atomic mass is 35.5. The number of halogens is 1. The fraction of sp³-hybridized carbons (Fsp3) is 0.333. The number of thioether (sulfide) groups is 1. The Bertz CT molecular complexity index is 592. The second kappa shape index (κ2) is 4.82. The maximum atomic E-state index is 11.3. The Labute approximate surface area is 114 Å². The predicted molar refractivity (Wildman–Crippen MR) is 75.1 cm³/mol. The highest BCUT2D eigenvalue weighted by molar-refractivity contribution is 7.99. The summed E-state index contributed by atoms with van der Waals surface area (Å²) in [4.78, 5) is 17.6. The van der Waals surface area contributed by atoms with Crippen LogP contribution in [0.25, 0.3) is 5.52 Å². The van der Waals surface area contributed by atoms with Crippen molar-refractivity contribution in [2.75, 3.05) is 29.5 Å². The van der Waals surface area contributed by atoms with Crippen molar-refractivity contribution in [2.24, 2.45) is 0 Å². The normalized spacial score (nSPS) is 16.2. The van der Waals surface area contributed by atoms with Gasteiger partial charge in [-0.05, 0) is 6.07 Å². The Morgan fingerprint density at radius 1 is 1.39 bits per heavy atom. The number of fused-ring (bicyclic) bond motifs is 1. The largest absolute Gasteiger partial charge is 0.355 e. The van der Waals surface area contributed by atoms with Gasteiger partial charge in [-0.2, -0.15) is 11.8 Å². The summed E-state index contributed by atoms with van der Waals surface area (Å²) in [5.41, 5.74) is 1.47. The molecule has 1 aliphatic rings. The third kappa shape index (κ3) is 1.87. The van der Waals surface area contributed by atoms with Crippen molar-refractivity contribution in [1.29, 1.82) is 0 Å². The Hall–Kier alpha value is -1.20. The van der Waals surface area contributed by atoms with Crippen molar-refractivity contribution in [3.05, 3.63) is 29.2 Å². The molecule has 1 fully saturated rings. The van der Waals surface area contributed by atoms with Crippen molar-refractivity contribution >= 4 is 41.0 Å². The van der Waals surface area contributed by atoms with E-state index >= 15 is 0 Å². The van der Waals surface area contributed by atoms with Crippen molar-refractivity contribution < 1.29 is 4.79 Å². The van der Waals surface area contributed by atoms with E-state index < -0.39 is 0 Å². The number of carbonyl (C=O) groups is 1. The van der Waals surface area contributed by atoms with Crippen LogP contribution < -0.4 is 4.90 Å². The van der Waals surface area contributed by atoms with E-state index in [0.717, 1.165) is 42.2 Å². The molecular weight excluding hydrogens is 270 g/mol. The number of nitrogens with zero attached hydrogens (tertiary/aromatic N) is 3. The molecule has 1 aliphatic heterocycles. The van der Waals surface area contributed by atoms with Gasteiger partial charge in [-0.3, -0.25) is 9.20 Å². The average molecular weight is 282 g/mol. The topological polar surface area (TPSA) is 37.6 Å². The molecule has 0 bridgehead atoms. The third-order valence-electron chi connectivity index (χ3n) is 3.09. The first-order valence-electron chi connectivity index (χ1n) is 5.73. The molecule has 0 amide bonds. The summed E-state index contributed by atoms with van der Waals surface area (Å²) in [6, 6.07) is 1.72. The van der Waals surface area contributed by atoms with E-state index in [1.807, 2.05) is 16.2 Å². The summed E-state index contributed by atoms with van der Waals surface area (Å²) < 4.78 is 1.90. The number of hydrogen-bond acceptors (Lipinski definition) is 4. The predicted octanol–water partition coefficient (Wildman–Crippen LogP) is 2.35. The molecule has 0 unspecified atom stereocenters. The van der Waals surface area contributed by atoms with Gasteiger partial charge in [-0.1, -0.05) is 11.6 Å². The molecule has 2 aromatic heterocycles. The number of aromatic nitrogens is 2. The van der Waals surface area contributed by atoms with E-state index in [1.54, 1.807) is 18.6 Å². The summed E-state index contributed by atoms with van der Waals surface area (Å²) in [5.74, 6) is 3.07. The molecule has 1 saturated heterocycles. The quantitative estimate of drug-likeness (QED) is 0.792. The Kier molecular flexibility index (Phi) is 3.18. The number of carbonyl (C=O) groups excluding carboxylic acids is 1. The molecule has 2 aromatic rings. The molecule has 0 aromatic carbocycles. The van der Waals surface area contributed by atoms with E-state index in [9.17, 15) is 4.79 Å². The first-order valence-corrected chi connectivity index (χ1v) is 7.27. The van der Waals surface area contributed by atoms with Crippen LogP contribution in [0.3, 0.4) is 0 Å². The number of aldehydes is 1. The molecule has 0 N–H and O–H groups in total. The molecule has 3 rings (SSSR count). The maximum Gasteiger partial charge on any atom is 0.153 e. The Morgan fingerprint density at radius 2 is 2.17 bits per heavy atom. The van der Waals surface area contributed by atoms with Gasteiger partial charge in [0.2, 0.25) is 0 Å². The Morgan fingerprint density at radius 3 is 2.89 bits per heavy atom. The number of hydrogen-bond donors (Lipinski definition) is 0. The zero-order chi connectivity index (χ0) is 12.5. The molecular formula is C12H12ClN3OS. The minimum absolute atomic E-state index is 0.560. The highest BCUT2D eigenvalue weighted by Crippen LogP contribution is 2.29. The first kappa shape index (κ1) is 11.9. The molecule has 0 saturated carbocycles. The molecule has 94 valence electrons. The second-order valence-electron chi connectivity index (χ2n) is 4.14. The molecule has 6 heteroatoms. The maximum absolute atomic E-state index is 11.3. The SMILES string of the molecule is O=Cc1cc(Cl)c2cncn2c1N1CCSCC1. The molecule has 3 heterocycles. The number of imidazole rings is 1. The van der Waals surface area contributed by atoms with Crippen LogP contribution in [0.15, 0.2) is 18.6 Å². The monoisotopic (exact) mass is 281 g/mol. The fourth-order valence-electron chi connectivity index (χ4n) is 2.25. The highest BCUT2D eigenvalue weighted by Gasteiger charge is 2.19. The van der Waals surface area contributed by atoms with Crippen LogP contribution >= 0.6 is 23.4 Å². The molecule has 0 atom stereocenters. The fourth-order valence-corrected chi connectivity index (χ4v) is 3.41. The second-order valence-corrected chi connectivity index (χ2v) is 5.77. The van der Waals surface area contributed by atoms with E-state index in [4.69, 9.17) is 11.6 Å². The molecule has 18 heavy (non-hydrogen) atoms. The van der Waals surface area contributed by atoms with E-state index in [-0.39, 0.29) is 0 Å². The van der Waals surface area contributed by atoms with Gasteiger partial charge >= 0.3 is 0 Å². The van der Waals surface area contributed by atoms with E-state index in [2.05, 4.69) is 9.88 Å². The van der Waals surface area contributed by atoms with Crippen LogP contribution in [0, 0.1) is 0 Å². The summed E-state index contributed by atoms with van der Waals surface area (Å²) in [5, 5.41) is 0.560. The lowest BCUT2D eigenvalue weighted by molar-refractivity contribution is 0.112. The van der Waals surface area contributed by atoms with Gasteiger partial charge in [0.05, 0.1) is 22.3 Å². The van der Waals surface area contributed by atoms with E-state index in [0.29, 0.717) is 10.6 Å². The van der Waals surface area contributed by atoms with Crippen molar-refractivity contribution in [3.8, 4) is 0 Å². The van der Waals surface area contributed by atoms with Crippen LogP contribution in [0.4, 0.5) is 5.82 Å². The molecule has 4 nitrogen and oxygen atoms in total. The minimum atomic E-state index is 0.560. The number of anilines is 1. The van der Waals surface area contributed by atoms with Crippen molar-refractivity contribution in [1.82, 2.24) is 9.38 Å². The van der Waals surface area contributed by atoms with Crippen LogP contribution in [0.2, 0.25) is 5.02 Å².